The third-order valence-corrected chi connectivity index (χ3v) is 4.26. The summed E-state index contributed by atoms with van der Waals surface area (Å²) in [4.78, 5) is 2.51. The van der Waals surface area contributed by atoms with Crippen LogP contribution in [-0.4, -0.2) is 38.6 Å². The number of hydrogen-bond acceptors (Lipinski definition) is 3. The van der Waals surface area contributed by atoms with E-state index in [2.05, 4.69) is 28.9 Å². The summed E-state index contributed by atoms with van der Waals surface area (Å²) in [6.07, 6.45) is 4.40. The Morgan fingerprint density at radius 1 is 1.37 bits per heavy atom. The minimum Gasteiger partial charge on any atom is -0.300 e. The molecule has 19 heavy (non-hydrogen) atoms. The molecule has 1 unspecified atom stereocenters. The number of hydrogen-bond donors (Lipinski definition) is 0. The molecular weight excluding hydrogens is 260 g/mol. The van der Waals surface area contributed by atoms with Crippen molar-refractivity contribution in [3.05, 3.63) is 29.2 Å². The second-order valence-electron chi connectivity index (χ2n) is 5.54. The van der Waals surface area contributed by atoms with Gasteiger partial charge in [-0.05, 0) is 45.4 Å². The summed E-state index contributed by atoms with van der Waals surface area (Å²) in [5.74, 6) is 1.49. The highest BCUT2D eigenvalue weighted by atomic mass is 35.5. The van der Waals surface area contributed by atoms with Crippen molar-refractivity contribution in [2.45, 2.75) is 38.6 Å². The molecule has 0 spiro atoms. The summed E-state index contributed by atoms with van der Waals surface area (Å²) in [6, 6.07) is 4.40. The van der Waals surface area contributed by atoms with Crippen LogP contribution in [0.15, 0.2) is 18.3 Å². The Kier molecular flexibility index (Phi) is 3.46. The van der Waals surface area contributed by atoms with Crippen molar-refractivity contribution < 1.29 is 0 Å². The van der Waals surface area contributed by atoms with E-state index in [-0.39, 0.29) is 0 Å². The maximum Gasteiger partial charge on any atom is 0.179 e. The normalized spacial score (nSPS) is 21.4. The SMILES string of the molecule is CC(C)N1CCCC(c2nnc3c(Cl)cccn23)C1. The third kappa shape index (κ3) is 2.35. The van der Waals surface area contributed by atoms with Crippen LogP contribution in [0.3, 0.4) is 0 Å². The highest BCUT2D eigenvalue weighted by molar-refractivity contribution is 6.33. The summed E-state index contributed by atoms with van der Waals surface area (Å²) >= 11 is 6.15. The molecule has 0 saturated carbocycles. The van der Waals surface area contributed by atoms with E-state index in [0.717, 1.165) is 18.0 Å². The Morgan fingerprint density at radius 2 is 2.21 bits per heavy atom. The number of halogens is 1. The average molecular weight is 279 g/mol. The van der Waals surface area contributed by atoms with E-state index in [1.165, 1.54) is 19.4 Å². The number of pyridine rings is 1. The lowest BCUT2D eigenvalue weighted by molar-refractivity contribution is 0.164. The molecule has 102 valence electrons. The van der Waals surface area contributed by atoms with Crippen molar-refractivity contribution in [2.24, 2.45) is 0 Å². The summed E-state index contributed by atoms with van der Waals surface area (Å²) < 4.78 is 2.04. The number of aromatic nitrogens is 3. The first-order chi connectivity index (χ1) is 9.16. The van der Waals surface area contributed by atoms with Gasteiger partial charge in [0, 0.05) is 24.7 Å². The van der Waals surface area contributed by atoms with E-state index in [0.29, 0.717) is 17.0 Å². The summed E-state index contributed by atoms with van der Waals surface area (Å²) in [6.45, 7) is 6.75. The Bertz CT molecular complexity index is 578. The highest BCUT2D eigenvalue weighted by Crippen LogP contribution is 2.28. The van der Waals surface area contributed by atoms with Gasteiger partial charge in [-0.1, -0.05) is 11.6 Å². The fourth-order valence-electron chi connectivity index (χ4n) is 2.87. The highest BCUT2D eigenvalue weighted by Gasteiger charge is 2.26. The van der Waals surface area contributed by atoms with Crippen LogP contribution in [0.1, 0.15) is 38.4 Å². The first kappa shape index (κ1) is 12.9. The molecular formula is C14H19ClN4. The van der Waals surface area contributed by atoms with Crippen LogP contribution in [0.2, 0.25) is 5.02 Å². The van der Waals surface area contributed by atoms with Gasteiger partial charge in [0.25, 0.3) is 0 Å². The van der Waals surface area contributed by atoms with Gasteiger partial charge in [0.1, 0.15) is 5.82 Å². The molecule has 0 amide bonds. The molecule has 2 aromatic heterocycles. The lowest BCUT2D eigenvalue weighted by Gasteiger charge is -2.34. The van der Waals surface area contributed by atoms with Gasteiger partial charge in [-0.25, -0.2) is 0 Å². The largest absolute Gasteiger partial charge is 0.300 e. The van der Waals surface area contributed by atoms with Gasteiger partial charge in [-0.2, -0.15) is 0 Å². The van der Waals surface area contributed by atoms with E-state index < -0.39 is 0 Å². The maximum absolute atomic E-state index is 6.15. The molecule has 3 rings (SSSR count). The molecule has 0 N–H and O–H groups in total. The number of nitrogens with zero attached hydrogens (tertiary/aromatic N) is 4. The Balaban J connectivity index is 1.94. The summed E-state index contributed by atoms with van der Waals surface area (Å²) in [5.41, 5.74) is 0.765. The van der Waals surface area contributed by atoms with Crippen molar-refractivity contribution in [2.75, 3.05) is 13.1 Å². The Hall–Kier alpha value is -1.13. The van der Waals surface area contributed by atoms with Gasteiger partial charge in [0.2, 0.25) is 0 Å². The van der Waals surface area contributed by atoms with E-state index >= 15 is 0 Å². The molecule has 0 radical (unpaired) electrons. The molecule has 1 fully saturated rings. The molecule has 0 aliphatic carbocycles. The molecule has 1 aliphatic rings. The topological polar surface area (TPSA) is 33.4 Å². The predicted octanol–water partition coefficient (Wildman–Crippen LogP) is 2.97. The van der Waals surface area contributed by atoms with E-state index in [4.69, 9.17) is 11.6 Å². The lowest BCUT2D eigenvalue weighted by Crippen LogP contribution is -2.39. The predicted molar refractivity (Wildman–Crippen MR) is 76.7 cm³/mol. The second-order valence-corrected chi connectivity index (χ2v) is 5.94. The second kappa shape index (κ2) is 5.10. The van der Waals surface area contributed by atoms with Gasteiger partial charge in [-0.15, -0.1) is 10.2 Å². The van der Waals surface area contributed by atoms with E-state index in [1.807, 2.05) is 22.7 Å². The summed E-state index contributed by atoms with van der Waals surface area (Å²) in [5, 5.41) is 9.27. The molecule has 5 heteroatoms. The zero-order chi connectivity index (χ0) is 13.4. The first-order valence-electron chi connectivity index (χ1n) is 6.90. The molecule has 4 nitrogen and oxygen atoms in total. The molecule has 1 aliphatic heterocycles. The van der Waals surface area contributed by atoms with Crippen LogP contribution in [0.4, 0.5) is 0 Å². The Labute approximate surface area is 118 Å². The third-order valence-electron chi connectivity index (χ3n) is 3.96. The molecule has 1 atom stereocenters. The maximum atomic E-state index is 6.15. The van der Waals surface area contributed by atoms with Gasteiger partial charge in [-0.3, -0.25) is 4.40 Å². The smallest absolute Gasteiger partial charge is 0.179 e. The van der Waals surface area contributed by atoms with E-state index in [9.17, 15) is 0 Å². The lowest BCUT2D eigenvalue weighted by atomic mass is 9.96. The molecule has 0 bridgehead atoms. The number of likely N-dealkylation sites (tertiary alicyclic amines) is 1. The quantitative estimate of drug-likeness (QED) is 0.847. The van der Waals surface area contributed by atoms with Crippen LogP contribution < -0.4 is 0 Å². The van der Waals surface area contributed by atoms with Gasteiger partial charge in [0.05, 0.1) is 5.02 Å². The molecule has 2 aromatic rings. The van der Waals surface area contributed by atoms with Crippen LogP contribution in [-0.2, 0) is 0 Å². The van der Waals surface area contributed by atoms with Gasteiger partial charge < -0.3 is 4.90 Å². The minimum absolute atomic E-state index is 0.449. The van der Waals surface area contributed by atoms with Crippen LogP contribution >= 0.6 is 11.6 Å². The monoisotopic (exact) mass is 278 g/mol. The number of rotatable bonds is 2. The van der Waals surface area contributed by atoms with Crippen molar-refractivity contribution in [1.29, 1.82) is 0 Å². The Morgan fingerprint density at radius 3 is 3.00 bits per heavy atom. The van der Waals surface area contributed by atoms with Crippen LogP contribution in [0.25, 0.3) is 5.65 Å². The zero-order valence-electron chi connectivity index (χ0n) is 11.4. The number of fused-ring (bicyclic) bond motifs is 1. The minimum atomic E-state index is 0.449. The van der Waals surface area contributed by atoms with Crippen molar-refractivity contribution >= 4 is 17.2 Å². The summed E-state index contributed by atoms with van der Waals surface area (Å²) in [7, 11) is 0. The van der Waals surface area contributed by atoms with Crippen molar-refractivity contribution in [3.63, 3.8) is 0 Å². The fourth-order valence-corrected chi connectivity index (χ4v) is 3.07. The fraction of sp³-hybridized carbons (Fsp3) is 0.571. The van der Waals surface area contributed by atoms with Crippen molar-refractivity contribution in [3.8, 4) is 0 Å². The van der Waals surface area contributed by atoms with Crippen molar-refractivity contribution in [1.82, 2.24) is 19.5 Å². The van der Waals surface area contributed by atoms with E-state index in [1.54, 1.807) is 0 Å². The average Bonchev–Trinajstić information content (AvgIpc) is 2.84. The van der Waals surface area contributed by atoms with Crippen LogP contribution in [0, 0.1) is 0 Å². The first-order valence-corrected chi connectivity index (χ1v) is 7.28. The van der Waals surface area contributed by atoms with Gasteiger partial charge in [0.15, 0.2) is 5.65 Å². The van der Waals surface area contributed by atoms with Gasteiger partial charge >= 0.3 is 0 Å². The molecule has 3 heterocycles. The number of piperidine rings is 1. The zero-order valence-corrected chi connectivity index (χ0v) is 12.1. The molecule has 0 aromatic carbocycles. The van der Waals surface area contributed by atoms with Crippen LogP contribution in [0.5, 0.6) is 0 Å². The standard InChI is InChI=1S/C14H19ClN4/c1-10(2)18-7-3-5-11(9-18)13-16-17-14-12(15)6-4-8-19(13)14/h4,6,8,10-11H,3,5,7,9H2,1-2H3. The molecule has 1 saturated heterocycles.